The highest BCUT2D eigenvalue weighted by atomic mass is 35.5. The Morgan fingerprint density at radius 1 is 1.29 bits per heavy atom. The molecule has 0 unspecified atom stereocenters. The topological polar surface area (TPSA) is 37.8 Å². The number of nitrogens with zero attached hydrogens (tertiary/aromatic N) is 2. The zero-order valence-corrected chi connectivity index (χ0v) is 13.5. The Hall–Kier alpha value is -1.26. The second kappa shape index (κ2) is 6.67. The zero-order chi connectivity index (χ0) is 14.7. The molecule has 3 rings (SSSR count). The first kappa shape index (κ1) is 14.7. The third kappa shape index (κ3) is 3.89. The SMILES string of the molecule is CCNc1cc(SCc2ccccc2Cl)nc(C2CC2)n1. The maximum Gasteiger partial charge on any atom is 0.135 e. The maximum atomic E-state index is 6.20. The van der Waals surface area contributed by atoms with Crippen molar-refractivity contribution >= 4 is 29.2 Å². The predicted molar refractivity (Wildman–Crippen MR) is 89.2 cm³/mol. The zero-order valence-electron chi connectivity index (χ0n) is 12.0. The van der Waals surface area contributed by atoms with Crippen LogP contribution in [0.25, 0.3) is 0 Å². The molecule has 0 bridgehead atoms. The van der Waals surface area contributed by atoms with Gasteiger partial charge in [-0.3, -0.25) is 0 Å². The predicted octanol–water partition coefficient (Wildman–Crippen LogP) is 4.73. The summed E-state index contributed by atoms with van der Waals surface area (Å²) in [4.78, 5) is 9.29. The van der Waals surface area contributed by atoms with Gasteiger partial charge in [0, 0.05) is 29.3 Å². The molecule has 1 saturated carbocycles. The minimum absolute atomic E-state index is 0.559. The molecule has 0 aliphatic heterocycles. The van der Waals surface area contributed by atoms with Gasteiger partial charge in [-0.15, -0.1) is 11.8 Å². The Labute approximate surface area is 134 Å². The van der Waals surface area contributed by atoms with Gasteiger partial charge in [-0.2, -0.15) is 0 Å². The van der Waals surface area contributed by atoms with Gasteiger partial charge in [0.05, 0.1) is 0 Å². The Morgan fingerprint density at radius 2 is 2.10 bits per heavy atom. The third-order valence-electron chi connectivity index (χ3n) is 3.35. The molecule has 3 nitrogen and oxygen atoms in total. The minimum Gasteiger partial charge on any atom is -0.370 e. The summed E-state index contributed by atoms with van der Waals surface area (Å²) in [6.45, 7) is 2.95. The number of benzene rings is 1. The van der Waals surface area contributed by atoms with Gasteiger partial charge in [0.25, 0.3) is 0 Å². The number of thioether (sulfide) groups is 1. The van der Waals surface area contributed by atoms with E-state index < -0.39 is 0 Å². The van der Waals surface area contributed by atoms with E-state index in [4.69, 9.17) is 16.6 Å². The molecule has 1 N–H and O–H groups in total. The normalized spacial score (nSPS) is 14.2. The number of hydrogen-bond acceptors (Lipinski definition) is 4. The van der Waals surface area contributed by atoms with Gasteiger partial charge in [-0.25, -0.2) is 9.97 Å². The van der Waals surface area contributed by atoms with Crippen molar-refractivity contribution in [3.05, 3.63) is 46.7 Å². The lowest BCUT2D eigenvalue weighted by atomic mass is 10.2. The van der Waals surface area contributed by atoms with Gasteiger partial charge in [0.15, 0.2) is 0 Å². The van der Waals surface area contributed by atoms with Crippen molar-refractivity contribution in [1.82, 2.24) is 9.97 Å². The van der Waals surface area contributed by atoms with E-state index >= 15 is 0 Å². The minimum atomic E-state index is 0.559. The number of nitrogens with one attached hydrogen (secondary N) is 1. The monoisotopic (exact) mass is 319 g/mol. The summed E-state index contributed by atoms with van der Waals surface area (Å²) in [5.74, 6) is 3.29. The summed E-state index contributed by atoms with van der Waals surface area (Å²) in [5.41, 5.74) is 1.14. The average Bonchev–Trinajstić information content (AvgIpc) is 3.31. The van der Waals surface area contributed by atoms with Crippen LogP contribution in [0.15, 0.2) is 35.4 Å². The molecule has 0 amide bonds. The Kier molecular flexibility index (Phi) is 4.66. The average molecular weight is 320 g/mol. The largest absolute Gasteiger partial charge is 0.370 e. The highest BCUT2D eigenvalue weighted by Gasteiger charge is 2.27. The van der Waals surface area contributed by atoms with Crippen molar-refractivity contribution in [2.24, 2.45) is 0 Å². The van der Waals surface area contributed by atoms with Gasteiger partial charge in [0.2, 0.25) is 0 Å². The molecule has 1 aliphatic carbocycles. The number of rotatable bonds is 6. The molecule has 1 heterocycles. The van der Waals surface area contributed by atoms with Crippen molar-refractivity contribution in [2.45, 2.75) is 36.5 Å². The number of halogens is 1. The Bertz CT molecular complexity index is 629. The van der Waals surface area contributed by atoms with Crippen LogP contribution in [0, 0.1) is 0 Å². The molecule has 0 atom stereocenters. The van der Waals surface area contributed by atoms with Gasteiger partial charge < -0.3 is 5.32 Å². The highest BCUT2D eigenvalue weighted by Crippen LogP contribution is 2.39. The van der Waals surface area contributed by atoms with Crippen LogP contribution < -0.4 is 5.32 Å². The Balaban J connectivity index is 1.76. The molecule has 1 aromatic heterocycles. The van der Waals surface area contributed by atoms with E-state index in [0.717, 1.165) is 39.6 Å². The summed E-state index contributed by atoms with van der Waals surface area (Å²) in [5, 5.41) is 5.12. The van der Waals surface area contributed by atoms with Gasteiger partial charge >= 0.3 is 0 Å². The van der Waals surface area contributed by atoms with Crippen molar-refractivity contribution in [3.63, 3.8) is 0 Å². The molecule has 0 saturated heterocycles. The van der Waals surface area contributed by atoms with E-state index in [0.29, 0.717) is 5.92 Å². The number of aromatic nitrogens is 2. The van der Waals surface area contributed by atoms with Crippen LogP contribution in [0.3, 0.4) is 0 Å². The summed E-state index contributed by atoms with van der Waals surface area (Å²) in [7, 11) is 0. The Morgan fingerprint density at radius 3 is 2.81 bits per heavy atom. The standard InChI is InChI=1S/C16H18ClN3S/c1-2-18-14-9-15(20-16(19-14)11-7-8-11)21-10-12-5-3-4-6-13(12)17/h3-6,9,11H,2,7-8,10H2,1H3,(H,18,19,20). The van der Waals surface area contributed by atoms with E-state index in [2.05, 4.69) is 23.3 Å². The van der Waals surface area contributed by atoms with Crippen LogP contribution in [0.2, 0.25) is 5.02 Å². The van der Waals surface area contributed by atoms with E-state index in [1.807, 2.05) is 24.3 Å². The van der Waals surface area contributed by atoms with Crippen molar-refractivity contribution < 1.29 is 0 Å². The molecule has 1 fully saturated rings. The fraction of sp³-hybridized carbons (Fsp3) is 0.375. The fourth-order valence-electron chi connectivity index (χ4n) is 2.08. The molecule has 110 valence electrons. The van der Waals surface area contributed by atoms with E-state index in [-0.39, 0.29) is 0 Å². The van der Waals surface area contributed by atoms with Gasteiger partial charge in [-0.1, -0.05) is 29.8 Å². The second-order valence-corrected chi connectivity index (χ2v) is 6.54. The lowest BCUT2D eigenvalue weighted by molar-refractivity contribution is 0.876. The molecular weight excluding hydrogens is 302 g/mol. The number of hydrogen-bond donors (Lipinski definition) is 1. The lowest BCUT2D eigenvalue weighted by Crippen LogP contribution is -2.03. The molecule has 21 heavy (non-hydrogen) atoms. The highest BCUT2D eigenvalue weighted by molar-refractivity contribution is 7.98. The summed E-state index contributed by atoms with van der Waals surface area (Å²) in [6.07, 6.45) is 2.42. The molecule has 5 heteroatoms. The molecular formula is C16H18ClN3S. The molecule has 0 spiro atoms. The van der Waals surface area contributed by atoms with Crippen LogP contribution in [0.4, 0.5) is 5.82 Å². The third-order valence-corrected chi connectivity index (χ3v) is 4.68. The van der Waals surface area contributed by atoms with Crippen LogP contribution in [-0.2, 0) is 5.75 Å². The van der Waals surface area contributed by atoms with Crippen molar-refractivity contribution in [3.8, 4) is 0 Å². The van der Waals surface area contributed by atoms with E-state index in [1.165, 1.54) is 12.8 Å². The molecule has 1 aromatic carbocycles. The van der Waals surface area contributed by atoms with E-state index in [1.54, 1.807) is 11.8 Å². The van der Waals surface area contributed by atoms with Crippen molar-refractivity contribution in [2.75, 3.05) is 11.9 Å². The number of anilines is 1. The fourth-order valence-corrected chi connectivity index (χ4v) is 3.27. The maximum absolute atomic E-state index is 6.20. The van der Waals surface area contributed by atoms with Crippen LogP contribution in [-0.4, -0.2) is 16.5 Å². The second-order valence-electron chi connectivity index (χ2n) is 5.13. The first-order valence-corrected chi connectivity index (χ1v) is 8.61. The van der Waals surface area contributed by atoms with Crippen molar-refractivity contribution in [1.29, 1.82) is 0 Å². The lowest BCUT2D eigenvalue weighted by Gasteiger charge is -2.09. The van der Waals surface area contributed by atoms with Crippen LogP contribution in [0.5, 0.6) is 0 Å². The molecule has 2 aromatic rings. The summed E-state index contributed by atoms with van der Waals surface area (Å²) >= 11 is 7.92. The molecule has 0 radical (unpaired) electrons. The quantitative estimate of drug-likeness (QED) is 0.617. The molecule has 1 aliphatic rings. The summed E-state index contributed by atoms with van der Waals surface area (Å²) in [6, 6.07) is 9.98. The first-order valence-electron chi connectivity index (χ1n) is 7.25. The smallest absolute Gasteiger partial charge is 0.135 e. The first-order chi connectivity index (χ1) is 10.3. The van der Waals surface area contributed by atoms with Crippen LogP contribution in [0.1, 0.15) is 37.1 Å². The summed E-state index contributed by atoms with van der Waals surface area (Å²) < 4.78 is 0. The van der Waals surface area contributed by atoms with Crippen LogP contribution >= 0.6 is 23.4 Å². The van der Waals surface area contributed by atoms with Gasteiger partial charge in [-0.05, 0) is 31.4 Å². The van der Waals surface area contributed by atoms with Gasteiger partial charge in [0.1, 0.15) is 16.7 Å². The van der Waals surface area contributed by atoms with E-state index in [9.17, 15) is 0 Å².